The number of nitrogens with one attached hydrogen (secondary N) is 1. The van der Waals surface area contributed by atoms with Gasteiger partial charge in [0.05, 0.1) is 11.3 Å². The first-order valence-electron chi connectivity index (χ1n) is 12.5. The minimum atomic E-state index is 0.0464. The van der Waals surface area contributed by atoms with Crippen molar-refractivity contribution in [2.24, 2.45) is 0 Å². The Balaban J connectivity index is 1.39. The van der Waals surface area contributed by atoms with E-state index in [2.05, 4.69) is 77.3 Å². The summed E-state index contributed by atoms with van der Waals surface area (Å²) in [7, 11) is 0. The van der Waals surface area contributed by atoms with Crippen LogP contribution in [0.25, 0.3) is 22.1 Å². The molecule has 1 N–H and O–H groups in total. The molecular formula is C28H33N5OS. The van der Waals surface area contributed by atoms with E-state index in [0.717, 1.165) is 34.9 Å². The molecule has 1 aliphatic carbocycles. The van der Waals surface area contributed by atoms with Gasteiger partial charge in [-0.1, -0.05) is 94.3 Å². The summed E-state index contributed by atoms with van der Waals surface area (Å²) in [5.74, 6) is 0.350. The van der Waals surface area contributed by atoms with Crippen molar-refractivity contribution in [2.45, 2.75) is 76.0 Å². The van der Waals surface area contributed by atoms with E-state index in [0.29, 0.717) is 23.5 Å². The minimum Gasteiger partial charge on any atom is -0.353 e. The molecule has 1 fully saturated rings. The Kier molecular flexibility index (Phi) is 6.78. The molecule has 5 rings (SSSR count). The van der Waals surface area contributed by atoms with Gasteiger partial charge in [-0.05, 0) is 35.4 Å². The van der Waals surface area contributed by atoms with Crippen molar-refractivity contribution < 1.29 is 4.79 Å². The molecule has 0 spiro atoms. The molecule has 2 aromatic heterocycles. The van der Waals surface area contributed by atoms with Crippen LogP contribution in [0.1, 0.15) is 64.0 Å². The second-order valence-electron chi connectivity index (χ2n) is 10.5. The molecule has 4 aromatic rings. The Bertz CT molecular complexity index is 1330. The van der Waals surface area contributed by atoms with E-state index >= 15 is 0 Å². The Morgan fingerprint density at radius 3 is 2.51 bits per heavy atom. The average Bonchev–Trinajstić information content (AvgIpc) is 3.16. The van der Waals surface area contributed by atoms with Crippen LogP contribution in [0.3, 0.4) is 0 Å². The number of hydrogen-bond donors (Lipinski definition) is 1. The molecule has 1 amide bonds. The van der Waals surface area contributed by atoms with Gasteiger partial charge >= 0.3 is 0 Å². The number of fused-ring (bicyclic) bond motifs is 3. The predicted molar refractivity (Wildman–Crippen MR) is 143 cm³/mol. The van der Waals surface area contributed by atoms with E-state index in [4.69, 9.17) is 4.98 Å². The molecule has 7 heteroatoms. The maximum atomic E-state index is 12.5. The van der Waals surface area contributed by atoms with Gasteiger partial charge in [0, 0.05) is 18.0 Å². The molecule has 0 atom stereocenters. The first kappa shape index (κ1) is 23.8. The van der Waals surface area contributed by atoms with E-state index in [9.17, 15) is 4.79 Å². The van der Waals surface area contributed by atoms with Gasteiger partial charge in [-0.3, -0.25) is 4.79 Å². The number of benzene rings is 2. The highest BCUT2D eigenvalue weighted by molar-refractivity contribution is 7.99. The molecule has 35 heavy (non-hydrogen) atoms. The van der Waals surface area contributed by atoms with Gasteiger partial charge < -0.3 is 9.88 Å². The number of carbonyl (C=O) groups excluding carboxylic acids is 1. The minimum absolute atomic E-state index is 0.0464. The fraction of sp³-hybridized carbons (Fsp3) is 0.429. The number of para-hydroxylation sites is 1. The van der Waals surface area contributed by atoms with E-state index < -0.39 is 0 Å². The maximum absolute atomic E-state index is 12.5. The van der Waals surface area contributed by atoms with Crippen LogP contribution in [0.5, 0.6) is 0 Å². The molecule has 1 saturated carbocycles. The summed E-state index contributed by atoms with van der Waals surface area (Å²) in [4.78, 5) is 17.3. The molecule has 1 aliphatic rings. The molecule has 0 unspecified atom stereocenters. The number of amides is 1. The smallest absolute Gasteiger partial charge is 0.230 e. The number of aromatic nitrogens is 4. The molecule has 0 aliphatic heterocycles. The van der Waals surface area contributed by atoms with Gasteiger partial charge in [0.1, 0.15) is 5.52 Å². The highest BCUT2D eigenvalue weighted by Gasteiger charge is 2.19. The number of rotatable bonds is 6. The molecule has 2 heterocycles. The largest absolute Gasteiger partial charge is 0.353 e. The van der Waals surface area contributed by atoms with E-state index in [1.54, 1.807) is 0 Å². The fourth-order valence-electron chi connectivity index (χ4n) is 4.85. The van der Waals surface area contributed by atoms with E-state index in [1.807, 2.05) is 12.1 Å². The number of hydrogen-bond acceptors (Lipinski definition) is 5. The standard InChI is InChI=1S/C28H33N5OS/c1-28(2,3)20-15-13-19(14-16-20)17-33-23-12-8-7-11-22(23)25-26(33)30-27(32-31-25)35-18-24(34)29-21-9-5-4-6-10-21/h7-8,11-16,21H,4-6,9-10,17-18H2,1-3H3,(H,29,34). The van der Waals surface area contributed by atoms with E-state index in [-0.39, 0.29) is 11.3 Å². The predicted octanol–water partition coefficient (Wildman–Crippen LogP) is 5.87. The Labute approximate surface area is 210 Å². The summed E-state index contributed by atoms with van der Waals surface area (Å²) >= 11 is 1.35. The van der Waals surface area contributed by atoms with Crippen LogP contribution >= 0.6 is 11.8 Å². The zero-order chi connectivity index (χ0) is 24.4. The van der Waals surface area contributed by atoms with Crippen molar-refractivity contribution >= 4 is 39.7 Å². The van der Waals surface area contributed by atoms with Crippen LogP contribution in [0, 0.1) is 0 Å². The second kappa shape index (κ2) is 9.97. The van der Waals surface area contributed by atoms with Crippen LogP contribution in [0.2, 0.25) is 0 Å². The van der Waals surface area contributed by atoms with Crippen LogP contribution in [0.15, 0.2) is 53.7 Å². The summed E-state index contributed by atoms with van der Waals surface area (Å²) in [6.07, 6.45) is 5.83. The lowest BCUT2D eigenvalue weighted by Gasteiger charge is -2.22. The van der Waals surface area contributed by atoms with Crippen molar-refractivity contribution in [2.75, 3.05) is 5.75 Å². The lowest BCUT2D eigenvalue weighted by molar-refractivity contribution is -0.119. The normalized spacial score (nSPS) is 15.1. The second-order valence-corrected chi connectivity index (χ2v) is 11.5. The zero-order valence-corrected chi connectivity index (χ0v) is 21.6. The SMILES string of the molecule is CC(C)(C)c1ccc(Cn2c3ccccc3c3nnc(SCC(=O)NC4CCCCC4)nc32)cc1. The molecule has 0 bridgehead atoms. The molecule has 6 nitrogen and oxygen atoms in total. The van der Waals surface area contributed by atoms with Crippen LogP contribution in [-0.4, -0.2) is 37.5 Å². The quantitative estimate of drug-likeness (QED) is 0.345. The lowest BCUT2D eigenvalue weighted by Crippen LogP contribution is -2.37. The topological polar surface area (TPSA) is 72.7 Å². The highest BCUT2D eigenvalue weighted by Crippen LogP contribution is 2.29. The number of nitrogens with zero attached hydrogens (tertiary/aromatic N) is 4. The lowest BCUT2D eigenvalue weighted by atomic mass is 9.87. The third-order valence-corrected chi connectivity index (χ3v) is 7.66. The molecule has 2 aromatic carbocycles. The van der Waals surface area contributed by atoms with Crippen LogP contribution < -0.4 is 5.32 Å². The Hall–Kier alpha value is -2.93. The first-order valence-corrected chi connectivity index (χ1v) is 13.5. The van der Waals surface area contributed by atoms with Gasteiger partial charge in [-0.25, -0.2) is 4.98 Å². The first-order chi connectivity index (χ1) is 16.9. The monoisotopic (exact) mass is 487 g/mol. The fourth-order valence-corrected chi connectivity index (χ4v) is 5.44. The van der Waals surface area contributed by atoms with Crippen molar-refractivity contribution in [1.82, 2.24) is 25.1 Å². The van der Waals surface area contributed by atoms with Crippen molar-refractivity contribution in [1.29, 1.82) is 0 Å². The van der Waals surface area contributed by atoms with Gasteiger partial charge in [0.15, 0.2) is 5.65 Å². The van der Waals surface area contributed by atoms with Crippen molar-refractivity contribution in [3.63, 3.8) is 0 Å². The summed E-state index contributed by atoms with van der Waals surface area (Å²) in [6.45, 7) is 7.38. The molecule has 0 radical (unpaired) electrons. The number of carbonyl (C=O) groups is 1. The molecular weight excluding hydrogens is 454 g/mol. The Morgan fingerprint density at radius 1 is 1.03 bits per heavy atom. The molecule has 182 valence electrons. The highest BCUT2D eigenvalue weighted by atomic mass is 32.2. The number of thioether (sulfide) groups is 1. The third kappa shape index (κ3) is 5.35. The van der Waals surface area contributed by atoms with Crippen LogP contribution in [0.4, 0.5) is 0 Å². The maximum Gasteiger partial charge on any atom is 0.230 e. The summed E-state index contributed by atoms with van der Waals surface area (Å²) in [6, 6.07) is 17.4. The van der Waals surface area contributed by atoms with Gasteiger partial charge in [-0.15, -0.1) is 10.2 Å². The van der Waals surface area contributed by atoms with Crippen molar-refractivity contribution in [3.8, 4) is 0 Å². The summed E-state index contributed by atoms with van der Waals surface area (Å²) in [5, 5.41) is 13.6. The average molecular weight is 488 g/mol. The summed E-state index contributed by atoms with van der Waals surface area (Å²) in [5.41, 5.74) is 5.33. The van der Waals surface area contributed by atoms with Crippen molar-refractivity contribution in [3.05, 3.63) is 59.7 Å². The molecule has 0 saturated heterocycles. The zero-order valence-electron chi connectivity index (χ0n) is 20.8. The van der Waals surface area contributed by atoms with E-state index in [1.165, 1.54) is 42.2 Å². The van der Waals surface area contributed by atoms with Gasteiger partial charge in [-0.2, -0.15) is 0 Å². The van der Waals surface area contributed by atoms with Crippen LogP contribution in [-0.2, 0) is 16.8 Å². The Morgan fingerprint density at radius 2 is 1.77 bits per heavy atom. The summed E-state index contributed by atoms with van der Waals surface area (Å²) < 4.78 is 2.21. The van der Waals surface area contributed by atoms with Gasteiger partial charge in [0.2, 0.25) is 11.1 Å². The third-order valence-electron chi connectivity index (χ3n) is 6.82. The van der Waals surface area contributed by atoms with Gasteiger partial charge in [0.25, 0.3) is 0 Å².